The number of nitrogens with one attached hydrogen (secondary N) is 1. The minimum atomic E-state index is -0.876. The topological polar surface area (TPSA) is 69.6 Å². The monoisotopic (exact) mass is 257 g/mol. The van der Waals surface area contributed by atoms with Crippen molar-refractivity contribution in [2.45, 2.75) is 39.3 Å². The zero-order valence-corrected chi connectivity index (χ0v) is 11.2. The van der Waals surface area contributed by atoms with E-state index in [1.807, 2.05) is 20.8 Å². The molecule has 0 atom stereocenters. The fourth-order valence-electron chi connectivity index (χ4n) is 1.50. The van der Waals surface area contributed by atoms with Crippen molar-refractivity contribution >= 4 is 17.3 Å². The van der Waals surface area contributed by atoms with Crippen molar-refractivity contribution in [2.75, 3.05) is 6.61 Å². The van der Waals surface area contributed by atoms with Gasteiger partial charge in [-0.15, -0.1) is 11.3 Å². The highest BCUT2D eigenvalue weighted by atomic mass is 32.1. The second-order valence-electron chi connectivity index (χ2n) is 4.71. The minimum Gasteiger partial charge on any atom is -0.477 e. The molecule has 1 heterocycles. The number of carboxylic acid groups (broad SMARTS) is 1. The molecule has 96 valence electrons. The molecule has 0 radical (unpaired) electrons. The lowest BCUT2D eigenvalue weighted by Gasteiger charge is -2.25. The van der Waals surface area contributed by atoms with Crippen LogP contribution in [0.2, 0.25) is 0 Å². The quantitative estimate of drug-likeness (QED) is 0.729. The standard InChI is InChI=1S/C12H19NO3S/c1-8-9(6-10(17-8)11(15)16)7-13-12(2,3)4-5-14/h6,13-14H,4-5,7H2,1-3H3,(H,15,16). The summed E-state index contributed by atoms with van der Waals surface area (Å²) < 4.78 is 0. The first-order valence-electron chi connectivity index (χ1n) is 5.54. The number of hydrogen-bond acceptors (Lipinski definition) is 4. The maximum Gasteiger partial charge on any atom is 0.345 e. The Balaban J connectivity index is 2.66. The molecule has 1 rings (SSSR count). The van der Waals surface area contributed by atoms with E-state index < -0.39 is 5.97 Å². The van der Waals surface area contributed by atoms with Crippen LogP contribution < -0.4 is 5.32 Å². The highest BCUT2D eigenvalue weighted by Crippen LogP contribution is 2.22. The minimum absolute atomic E-state index is 0.142. The summed E-state index contributed by atoms with van der Waals surface area (Å²) >= 11 is 1.30. The number of aryl methyl sites for hydroxylation is 1. The van der Waals surface area contributed by atoms with Gasteiger partial charge in [0.25, 0.3) is 0 Å². The maximum absolute atomic E-state index is 10.8. The van der Waals surface area contributed by atoms with Gasteiger partial charge in [-0.3, -0.25) is 0 Å². The highest BCUT2D eigenvalue weighted by Gasteiger charge is 2.17. The normalized spacial score (nSPS) is 11.8. The second-order valence-corrected chi connectivity index (χ2v) is 5.96. The summed E-state index contributed by atoms with van der Waals surface area (Å²) in [5.74, 6) is -0.876. The number of aliphatic hydroxyl groups excluding tert-OH is 1. The Labute approximate surface area is 105 Å². The van der Waals surface area contributed by atoms with Gasteiger partial charge >= 0.3 is 5.97 Å². The third-order valence-electron chi connectivity index (χ3n) is 2.73. The molecule has 1 aromatic rings. The zero-order chi connectivity index (χ0) is 13.1. The average molecular weight is 257 g/mol. The Morgan fingerprint density at radius 3 is 2.65 bits per heavy atom. The van der Waals surface area contributed by atoms with E-state index >= 15 is 0 Å². The number of carboxylic acids is 1. The summed E-state index contributed by atoms with van der Waals surface area (Å²) in [6.07, 6.45) is 0.669. The molecule has 3 N–H and O–H groups in total. The molecule has 0 aliphatic carbocycles. The van der Waals surface area contributed by atoms with E-state index in [0.717, 1.165) is 10.4 Å². The Morgan fingerprint density at radius 1 is 1.53 bits per heavy atom. The molecule has 0 saturated carbocycles. The van der Waals surface area contributed by atoms with Crippen molar-refractivity contribution in [1.82, 2.24) is 5.32 Å². The van der Waals surface area contributed by atoms with E-state index in [1.165, 1.54) is 11.3 Å². The molecule has 17 heavy (non-hydrogen) atoms. The lowest BCUT2D eigenvalue weighted by Crippen LogP contribution is -2.39. The van der Waals surface area contributed by atoms with Gasteiger partial charge in [0.05, 0.1) is 0 Å². The molecule has 0 bridgehead atoms. The van der Waals surface area contributed by atoms with E-state index in [-0.39, 0.29) is 12.1 Å². The average Bonchev–Trinajstić information content (AvgIpc) is 2.57. The summed E-state index contributed by atoms with van der Waals surface area (Å²) in [5.41, 5.74) is 0.866. The zero-order valence-electron chi connectivity index (χ0n) is 10.4. The number of aromatic carboxylic acids is 1. The molecule has 0 saturated heterocycles. The molecule has 4 nitrogen and oxygen atoms in total. The van der Waals surface area contributed by atoms with Crippen LogP contribution in [0.25, 0.3) is 0 Å². The van der Waals surface area contributed by atoms with Gasteiger partial charge in [-0.05, 0) is 38.8 Å². The Hall–Kier alpha value is -0.910. The number of carbonyl (C=O) groups is 1. The molecule has 1 aromatic heterocycles. The summed E-state index contributed by atoms with van der Waals surface area (Å²) in [4.78, 5) is 12.2. The number of thiophene rings is 1. The summed E-state index contributed by atoms with van der Waals surface area (Å²) in [7, 11) is 0. The van der Waals surface area contributed by atoms with Crippen LogP contribution in [-0.4, -0.2) is 28.3 Å². The maximum atomic E-state index is 10.8. The molecule has 0 aliphatic rings. The van der Waals surface area contributed by atoms with E-state index in [0.29, 0.717) is 17.8 Å². The van der Waals surface area contributed by atoms with Gasteiger partial charge in [-0.25, -0.2) is 4.79 Å². The Bertz CT molecular complexity index is 398. The van der Waals surface area contributed by atoms with Crippen LogP contribution in [0.5, 0.6) is 0 Å². The van der Waals surface area contributed by atoms with Crippen molar-refractivity contribution in [3.8, 4) is 0 Å². The second kappa shape index (κ2) is 5.62. The van der Waals surface area contributed by atoms with Crippen molar-refractivity contribution in [1.29, 1.82) is 0 Å². The van der Waals surface area contributed by atoms with Crippen molar-refractivity contribution in [3.63, 3.8) is 0 Å². The van der Waals surface area contributed by atoms with Crippen LogP contribution in [0.15, 0.2) is 6.07 Å². The first-order chi connectivity index (χ1) is 7.85. The van der Waals surface area contributed by atoms with Crippen LogP contribution in [-0.2, 0) is 6.54 Å². The molecule has 0 fully saturated rings. The third-order valence-corrected chi connectivity index (χ3v) is 3.81. The van der Waals surface area contributed by atoms with Gasteiger partial charge in [-0.1, -0.05) is 0 Å². The third kappa shape index (κ3) is 4.11. The van der Waals surface area contributed by atoms with Crippen molar-refractivity contribution in [2.24, 2.45) is 0 Å². The molecular formula is C12H19NO3S. The van der Waals surface area contributed by atoms with Crippen LogP contribution in [0.3, 0.4) is 0 Å². The molecule has 0 unspecified atom stereocenters. The number of aliphatic hydroxyl groups is 1. The smallest absolute Gasteiger partial charge is 0.345 e. The molecular weight excluding hydrogens is 238 g/mol. The van der Waals surface area contributed by atoms with Gasteiger partial charge in [0.2, 0.25) is 0 Å². The number of rotatable bonds is 6. The predicted molar refractivity (Wildman–Crippen MR) is 68.6 cm³/mol. The van der Waals surface area contributed by atoms with Crippen molar-refractivity contribution in [3.05, 3.63) is 21.4 Å². The SMILES string of the molecule is Cc1sc(C(=O)O)cc1CNC(C)(C)CCO. The Morgan fingerprint density at radius 2 is 2.18 bits per heavy atom. The largest absolute Gasteiger partial charge is 0.477 e. The summed E-state index contributed by atoms with van der Waals surface area (Å²) in [6.45, 7) is 6.73. The molecule has 5 heteroatoms. The first kappa shape index (κ1) is 14.2. The van der Waals surface area contributed by atoms with Gasteiger partial charge in [0, 0.05) is 23.6 Å². The van der Waals surface area contributed by atoms with Crippen LogP contribution >= 0.6 is 11.3 Å². The lowest BCUT2D eigenvalue weighted by atomic mass is 10.0. The Kier molecular flexibility index (Phi) is 4.68. The molecule has 0 aliphatic heterocycles. The van der Waals surface area contributed by atoms with Crippen LogP contribution in [0, 0.1) is 6.92 Å². The number of hydrogen-bond donors (Lipinski definition) is 3. The van der Waals surface area contributed by atoms with Crippen LogP contribution in [0.4, 0.5) is 0 Å². The van der Waals surface area contributed by atoms with Gasteiger partial charge < -0.3 is 15.5 Å². The highest BCUT2D eigenvalue weighted by molar-refractivity contribution is 7.14. The summed E-state index contributed by atoms with van der Waals surface area (Å²) in [5, 5.41) is 21.1. The van der Waals surface area contributed by atoms with E-state index in [2.05, 4.69) is 5.32 Å². The van der Waals surface area contributed by atoms with Gasteiger partial charge in [-0.2, -0.15) is 0 Å². The van der Waals surface area contributed by atoms with Gasteiger partial charge in [0.1, 0.15) is 4.88 Å². The molecule has 0 spiro atoms. The molecule has 0 aromatic carbocycles. The van der Waals surface area contributed by atoms with E-state index in [1.54, 1.807) is 6.07 Å². The van der Waals surface area contributed by atoms with Gasteiger partial charge in [0.15, 0.2) is 0 Å². The summed E-state index contributed by atoms with van der Waals surface area (Å²) in [6, 6.07) is 1.71. The molecule has 0 amide bonds. The van der Waals surface area contributed by atoms with Crippen molar-refractivity contribution < 1.29 is 15.0 Å². The predicted octanol–water partition coefficient (Wildman–Crippen LogP) is 2.01. The van der Waals surface area contributed by atoms with E-state index in [4.69, 9.17) is 10.2 Å². The first-order valence-corrected chi connectivity index (χ1v) is 6.36. The fourth-order valence-corrected chi connectivity index (χ4v) is 2.38. The fraction of sp³-hybridized carbons (Fsp3) is 0.583. The lowest BCUT2D eigenvalue weighted by molar-refractivity contribution is 0.0702. The van der Waals surface area contributed by atoms with E-state index in [9.17, 15) is 4.79 Å². The van der Waals surface area contributed by atoms with Crippen LogP contribution in [0.1, 0.15) is 40.4 Å².